The number of benzene rings is 3. The molecule has 0 spiro atoms. The molecule has 0 radical (unpaired) electrons. The molecule has 0 saturated heterocycles. The zero-order valence-electron chi connectivity index (χ0n) is 20.9. The largest absolute Gasteiger partial charge is 0.494 e. The van der Waals surface area contributed by atoms with Crippen molar-refractivity contribution in [2.24, 2.45) is 0 Å². The standard InChI is InChI=1S/C29H32N4O2/c1-5-33(6-2)24-15-9-23(10-16-24)29-30-27(21-11-17-25(18-12-21)34-7-3)28(31-32-29)22-13-19-26(20-14-22)35-8-4/h9-20H,5-8H2,1-4H3. The van der Waals surface area contributed by atoms with Gasteiger partial charge in [-0.05, 0) is 100 Å². The van der Waals surface area contributed by atoms with Gasteiger partial charge in [0.25, 0.3) is 0 Å². The minimum Gasteiger partial charge on any atom is -0.494 e. The molecule has 35 heavy (non-hydrogen) atoms. The van der Waals surface area contributed by atoms with Crippen molar-refractivity contribution in [3.8, 4) is 45.4 Å². The van der Waals surface area contributed by atoms with Gasteiger partial charge < -0.3 is 14.4 Å². The average molecular weight is 469 g/mol. The highest BCUT2D eigenvalue weighted by Gasteiger charge is 2.15. The molecular weight excluding hydrogens is 436 g/mol. The van der Waals surface area contributed by atoms with Crippen LogP contribution in [0.2, 0.25) is 0 Å². The topological polar surface area (TPSA) is 60.4 Å². The van der Waals surface area contributed by atoms with Gasteiger partial charge in [-0.25, -0.2) is 4.98 Å². The summed E-state index contributed by atoms with van der Waals surface area (Å²) in [5, 5.41) is 9.13. The van der Waals surface area contributed by atoms with E-state index in [0.717, 1.165) is 52.7 Å². The summed E-state index contributed by atoms with van der Waals surface area (Å²) in [6.07, 6.45) is 0. The zero-order valence-corrected chi connectivity index (χ0v) is 20.9. The number of aromatic nitrogens is 3. The van der Waals surface area contributed by atoms with E-state index < -0.39 is 0 Å². The molecule has 0 aliphatic carbocycles. The Morgan fingerprint density at radius 1 is 0.571 bits per heavy atom. The number of nitrogens with zero attached hydrogens (tertiary/aromatic N) is 4. The first kappa shape index (κ1) is 24.2. The molecule has 0 N–H and O–H groups in total. The van der Waals surface area contributed by atoms with Gasteiger partial charge in [0.1, 0.15) is 22.9 Å². The molecule has 3 aromatic carbocycles. The molecule has 6 nitrogen and oxygen atoms in total. The minimum absolute atomic E-state index is 0.592. The van der Waals surface area contributed by atoms with Crippen molar-refractivity contribution in [3.63, 3.8) is 0 Å². The highest BCUT2D eigenvalue weighted by molar-refractivity contribution is 5.79. The summed E-state index contributed by atoms with van der Waals surface area (Å²) in [7, 11) is 0. The molecule has 4 rings (SSSR count). The Balaban J connectivity index is 1.76. The lowest BCUT2D eigenvalue weighted by Gasteiger charge is -2.21. The van der Waals surface area contributed by atoms with Crippen molar-refractivity contribution < 1.29 is 9.47 Å². The predicted molar refractivity (Wildman–Crippen MR) is 142 cm³/mol. The summed E-state index contributed by atoms with van der Waals surface area (Å²) in [6, 6.07) is 24.2. The third-order valence-electron chi connectivity index (χ3n) is 5.82. The molecule has 0 bridgehead atoms. The maximum absolute atomic E-state index is 5.62. The second-order valence-corrected chi connectivity index (χ2v) is 7.97. The minimum atomic E-state index is 0.592. The average Bonchev–Trinajstić information content (AvgIpc) is 2.91. The zero-order chi connectivity index (χ0) is 24.6. The number of ether oxygens (including phenoxy) is 2. The maximum atomic E-state index is 5.62. The monoisotopic (exact) mass is 468 g/mol. The number of hydrogen-bond donors (Lipinski definition) is 0. The summed E-state index contributed by atoms with van der Waals surface area (Å²) in [5.74, 6) is 2.24. The van der Waals surface area contributed by atoms with Crippen LogP contribution in [-0.4, -0.2) is 41.5 Å². The van der Waals surface area contributed by atoms with Gasteiger partial charge >= 0.3 is 0 Å². The molecule has 0 unspecified atom stereocenters. The lowest BCUT2D eigenvalue weighted by Crippen LogP contribution is -2.21. The van der Waals surface area contributed by atoms with Gasteiger partial charge in [-0.3, -0.25) is 0 Å². The van der Waals surface area contributed by atoms with Crippen LogP contribution in [0.5, 0.6) is 11.5 Å². The van der Waals surface area contributed by atoms with Crippen molar-refractivity contribution >= 4 is 5.69 Å². The van der Waals surface area contributed by atoms with E-state index in [1.165, 1.54) is 5.69 Å². The number of hydrogen-bond acceptors (Lipinski definition) is 6. The first-order valence-corrected chi connectivity index (χ1v) is 12.2. The van der Waals surface area contributed by atoms with Gasteiger partial charge in [0.2, 0.25) is 0 Å². The van der Waals surface area contributed by atoms with Crippen LogP contribution in [0.15, 0.2) is 72.8 Å². The van der Waals surface area contributed by atoms with Crippen molar-refractivity contribution in [3.05, 3.63) is 72.8 Å². The lowest BCUT2D eigenvalue weighted by atomic mass is 10.0. The van der Waals surface area contributed by atoms with Gasteiger partial charge in [0, 0.05) is 35.5 Å². The van der Waals surface area contributed by atoms with E-state index in [0.29, 0.717) is 19.0 Å². The smallest absolute Gasteiger partial charge is 0.182 e. The molecule has 4 aromatic rings. The third-order valence-corrected chi connectivity index (χ3v) is 5.82. The van der Waals surface area contributed by atoms with Gasteiger partial charge in [0.15, 0.2) is 5.82 Å². The van der Waals surface area contributed by atoms with Crippen molar-refractivity contribution in [1.29, 1.82) is 0 Å². The molecule has 0 fully saturated rings. The summed E-state index contributed by atoms with van der Waals surface area (Å²) in [5.41, 5.74) is 5.49. The fourth-order valence-corrected chi connectivity index (χ4v) is 4.01. The molecule has 0 atom stereocenters. The van der Waals surface area contributed by atoms with E-state index in [1.54, 1.807) is 0 Å². The molecule has 6 heteroatoms. The Morgan fingerprint density at radius 2 is 1.06 bits per heavy atom. The normalized spacial score (nSPS) is 10.7. The van der Waals surface area contributed by atoms with Crippen LogP contribution >= 0.6 is 0 Å². The summed E-state index contributed by atoms with van der Waals surface area (Å²) in [4.78, 5) is 7.29. The van der Waals surface area contributed by atoms with Gasteiger partial charge in [-0.1, -0.05) is 0 Å². The summed E-state index contributed by atoms with van der Waals surface area (Å²) in [6.45, 7) is 11.4. The summed E-state index contributed by atoms with van der Waals surface area (Å²) < 4.78 is 11.2. The lowest BCUT2D eigenvalue weighted by molar-refractivity contribution is 0.340. The number of rotatable bonds is 10. The van der Waals surface area contributed by atoms with E-state index in [2.05, 4.69) is 53.2 Å². The molecular formula is C29H32N4O2. The van der Waals surface area contributed by atoms with Gasteiger partial charge in [-0.2, -0.15) is 0 Å². The van der Waals surface area contributed by atoms with E-state index in [1.807, 2.05) is 62.4 Å². The molecule has 0 aliphatic rings. The van der Waals surface area contributed by atoms with E-state index in [9.17, 15) is 0 Å². The maximum Gasteiger partial charge on any atom is 0.182 e. The fraction of sp³-hybridized carbons (Fsp3) is 0.276. The van der Waals surface area contributed by atoms with Crippen LogP contribution in [-0.2, 0) is 0 Å². The van der Waals surface area contributed by atoms with Crippen molar-refractivity contribution in [2.45, 2.75) is 27.7 Å². The fourth-order valence-electron chi connectivity index (χ4n) is 4.01. The van der Waals surface area contributed by atoms with Crippen molar-refractivity contribution in [1.82, 2.24) is 15.2 Å². The van der Waals surface area contributed by atoms with Crippen LogP contribution in [0.3, 0.4) is 0 Å². The quantitative estimate of drug-likeness (QED) is 0.264. The predicted octanol–water partition coefficient (Wildman–Crippen LogP) is 6.52. The molecule has 180 valence electrons. The Kier molecular flexibility index (Phi) is 7.93. The molecule has 1 aromatic heterocycles. The van der Waals surface area contributed by atoms with Crippen LogP contribution in [0.1, 0.15) is 27.7 Å². The van der Waals surface area contributed by atoms with Crippen LogP contribution in [0.4, 0.5) is 5.69 Å². The second-order valence-electron chi connectivity index (χ2n) is 7.97. The molecule has 1 heterocycles. The van der Waals surface area contributed by atoms with Gasteiger partial charge in [-0.15, -0.1) is 10.2 Å². The Hall–Kier alpha value is -3.93. The van der Waals surface area contributed by atoms with E-state index >= 15 is 0 Å². The van der Waals surface area contributed by atoms with Crippen LogP contribution < -0.4 is 14.4 Å². The summed E-state index contributed by atoms with van der Waals surface area (Å²) >= 11 is 0. The van der Waals surface area contributed by atoms with Gasteiger partial charge in [0.05, 0.1) is 13.2 Å². The molecule has 0 amide bonds. The highest BCUT2D eigenvalue weighted by atomic mass is 16.5. The highest BCUT2D eigenvalue weighted by Crippen LogP contribution is 2.32. The molecule has 0 saturated carbocycles. The molecule has 0 aliphatic heterocycles. The Labute approximate surface area is 207 Å². The first-order valence-electron chi connectivity index (χ1n) is 12.2. The van der Waals surface area contributed by atoms with E-state index in [4.69, 9.17) is 14.5 Å². The SMILES string of the molecule is CCOc1ccc(-c2nnc(-c3ccc(N(CC)CC)cc3)nc2-c2ccc(OCC)cc2)cc1. The van der Waals surface area contributed by atoms with Crippen molar-refractivity contribution in [2.75, 3.05) is 31.2 Å². The second kappa shape index (κ2) is 11.5. The number of anilines is 1. The van der Waals surface area contributed by atoms with E-state index in [-0.39, 0.29) is 0 Å². The Bertz CT molecular complexity index is 1220. The van der Waals surface area contributed by atoms with Crippen LogP contribution in [0, 0.1) is 0 Å². The van der Waals surface area contributed by atoms with Crippen LogP contribution in [0.25, 0.3) is 33.9 Å². The third kappa shape index (κ3) is 5.60. The first-order chi connectivity index (χ1) is 17.2. The Morgan fingerprint density at radius 3 is 1.54 bits per heavy atom.